The number of nitrogens with zero attached hydrogens (tertiary/aromatic N) is 4. The summed E-state index contributed by atoms with van der Waals surface area (Å²) in [5.41, 5.74) is 0.861. The van der Waals surface area contributed by atoms with Crippen LogP contribution in [0, 0.1) is 18.3 Å². The molecule has 0 aromatic carbocycles. The summed E-state index contributed by atoms with van der Waals surface area (Å²) < 4.78 is 12.2. The Morgan fingerprint density at radius 1 is 1.55 bits per heavy atom. The van der Waals surface area contributed by atoms with E-state index in [1.165, 1.54) is 11.0 Å². The smallest absolute Gasteiger partial charge is 0.230 e. The minimum absolute atomic E-state index is 0.0878. The summed E-state index contributed by atoms with van der Waals surface area (Å²) in [6, 6.07) is 0. The Kier molecular flexibility index (Phi) is 3.72. The van der Waals surface area contributed by atoms with E-state index < -0.39 is 6.67 Å². The summed E-state index contributed by atoms with van der Waals surface area (Å²) in [7, 11) is 0. The first-order valence-electron chi connectivity index (χ1n) is 7.12. The molecule has 22 heavy (non-hydrogen) atoms. The Hall–Kier alpha value is -1.83. The summed E-state index contributed by atoms with van der Waals surface area (Å²) in [5, 5.41) is 13.7. The number of carbonyl (C=O) groups excluding carboxylic acids is 1. The molecule has 118 valence electrons. The second kappa shape index (κ2) is 5.42. The molecule has 2 heterocycles. The molecule has 1 aliphatic carbocycles. The lowest BCUT2D eigenvalue weighted by Gasteiger charge is -2.02. The molecule has 0 bridgehead atoms. The molecule has 1 saturated carbocycles. The van der Waals surface area contributed by atoms with Crippen LogP contribution in [0.15, 0.2) is 11.6 Å². The molecule has 6 nitrogen and oxygen atoms in total. The van der Waals surface area contributed by atoms with Crippen LogP contribution in [0.25, 0.3) is 0 Å². The minimum Gasteiger partial charge on any atom is -0.308 e. The zero-order valence-corrected chi connectivity index (χ0v) is 13.5. The highest BCUT2D eigenvalue weighted by Crippen LogP contribution is 2.65. The van der Waals surface area contributed by atoms with Gasteiger partial charge < -0.3 is 5.32 Å². The van der Waals surface area contributed by atoms with E-state index in [4.69, 9.17) is 0 Å². The van der Waals surface area contributed by atoms with Crippen LogP contribution in [-0.2, 0) is 11.3 Å². The first-order chi connectivity index (χ1) is 10.4. The molecular formula is C14H18FN5OS. The van der Waals surface area contributed by atoms with Crippen molar-refractivity contribution >= 4 is 23.1 Å². The number of aryl methyl sites for hydroxylation is 2. The SMILES string of the molecule is Cc1csc([C@@H]2[C@@H](C(=O)Nc3cnn(CCF)n3)C2(C)C)n1. The van der Waals surface area contributed by atoms with E-state index in [0.29, 0.717) is 5.82 Å². The molecule has 1 aliphatic rings. The van der Waals surface area contributed by atoms with E-state index in [9.17, 15) is 9.18 Å². The second-order valence-corrected chi connectivity index (χ2v) is 7.00. The average Bonchev–Trinajstić information content (AvgIpc) is 2.82. The number of hydrogen-bond acceptors (Lipinski definition) is 5. The average molecular weight is 323 g/mol. The van der Waals surface area contributed by atoms with Gasteiger partial charge in [-0.25, -0.2) is 9.37 Å². The molecule has 1 fully saturated rings. The third-order valence-corrected chi connectivity index (χ3v) is 5.13. The van der Waals surface area contributed by atoms with Crippen LogP contribution in [-0.4, -0.2) is 32.6 Å². The molecule has 2 aromatic rings. The van der Waals surface area contributed by atoms with Crippen LogP contribution in [0.5, 0.6) is 0 Å². The fraction of sp³-hybridized carbons (Fsp3) is 0.571. The number of halogens is 1. The van der Waals surface area contributed by atoms with Gasteiger partial charge in [-0.1, -0.05) is 13.8 Å². The summed E-state index contributed by atoms with van der Waals surface area (Å²) >= 11 is 1.60. The van der Waals surface area contributed by atoms with Crippen LogP contribution in [0.4, 0.5) is 10.2 Å². The highest BCUT2D eigenvalue weighted by molar-refractivity contribution is 7.09. The quantitative estimate of drug-likeness (QED) is 0.917. The van der Waals surface area contributed by atoms with Crippen molar-refractivity contribution in [2.75, 3.05) is 12.0 Å². The van der Waals surface area contributed by atoms with Gasteiger partial charge in [0.25, 0.3) is 0 Å². The predicted octanol–water partition coefficient (Wildman–Crippen LogP) is 2.39. The fourth-order valence-electron chi connectivity index (χ4n) is 2.84. The number of anilines is 1. The van der Waals surface area contributed by atoms with Gasteiger partial charge in [0.05, 0.1) is 23.7 Å². The Morgan fingerprint density at radius 3 is 2.95 bits per heavy atom. The molecule has 0 aliphatic heterocycles. The van der Waals surface area contributed by atoms with Crippen molar-refractivity contribution in [2.45, 2.75) is 33.2 Å². The highest BCUT2D eigenvalue weighted by Gasteiger charge is 2.63. The summed E-state index contributed by atoms with van der Waals surface area (Å²) in [4.78, 5) is 18.2. The van der Waals surface area contributed by atoms with E-state index in [1.54, 1.807) is 11.3 Å². The van der Waals surface area contributed by atoms with Gasteiger partial charge in [-0.15, -0.1) is 16.4 Å². The lowest BCUT2D eigenvalue weighted by atomic mass is 10.1. The summed E-state index contributed by atoms with van der Waals surface area (Å²) in [6.07, 6.45) is 1.44. The number of rotatable bonds is 5. The monoisotopic (exact) mass is 323 g/mol. The molecule has 2 atom stereocenters. The van der Waals surface area contributed by atoms with Crippen LogP contribution < -0.4 is 5.32 Å². The number of carbonyl (C=O) groups is 1. The number of hydrogen-bond donors (Lipinski definition) is 1. The number of nitrogens with one attached hydrogen (secondary N) is 1. The molecule has 3 rings (SSSR count). The maximum absolute atomic E-state index is 12.5. The van der Waals surface area contributed by atoms with Crippen LogP contribution in [0.3, 0.4) is 0 Å². The van der Waals surface area contributed by atoms with Crippen molar-refractivity contribution in [1.82, 2.24) is 20.0 Å². The van der Waals surface area contributed by atoms with Gasteiger partial charge in [-0.2, -0.15) is 9.90 Å². The molecule has 2 aromatic heterocycles. The topological polar surface area (TPSA) is 72.7 Å². The van der Waals surface area contributed by atoms with Crippen molar-refractivity contribution in [3.63, 3.8) is 0 Å². The molecule has 1 amide bonds. The summed E-state index contributed by atoms with van der Waals surface area (Å²) in [5.74, 6) is 0.266. The van der Waals surface area contributed by atoms with Crippen molar-refractivity contribution in [3.05, 3.63) is 22.3 Å². The van der Waals surface area contributed by atoms with Gasteiger partial charge in [0.2, 0.25) is 5.91 Å². The maximum atomic E-state index is 12.5. The van der Waals surface area contributed by atoms with Crippen LogP contribution in [0.2, 0.25) is 0 Å². The Morgan fingerprint density at radius 2 is 2.32 bits per heavy atom. The Balaban J connectivity index is 1.69. The van der Waals surface area contributed by atoms with E-state index in [1.807, 2.05) is 12.3 Å². The van der Waals surface area contributed by atoms with Gasteiger partial charge in [0.15, 0.2) is 5.82 Å². The molecule has 8 heteroatoms. The van der Waals surface area contributed by atoms with Crippen LogP contribution in [0.1, 0.15) is 30.5 Å². The predicted molar refractivity (Wildman–Crippen MR) is 81.5 cm³/mol. The van der Waals surface area contributed by atoms with Gasteiger partial charge in [0.1, 0.15) is 6.67 Å². The van der Waals surface area contributed by atoms with E-state index in [0.717, 1.165) is 10.7 Å². The van der Waals surface area contributed by atoms with E-state index >= 15 is 0 Å². The van der Waals surface area contributed by atoms with Crippen molar-refractivity contribution in [1.29, 1.82) is 0 Å². The molecule has 0 spiro atoms. The fourth-order valence-corrected chi connectivity index (χ4v) is 3.97. The van der Waals surface area contributed by atoms with Crippen molar-refractivity contribution in [3.8, 4) is 0 Å². The third-order valence-electron chi connectivity index (χ3n) is 4.08. The largest absolute Gasteiger partial charge is 0.308 e. The van der Waals surface area contributed by atoms with Crippen LogP contribution >= 0.6 is 11.3 Å². The van der Waals surface area contributed by atoms with Gasteiger partial charge in [0, 0.05) is 17.0 Å². The first-order valence-corrected chi connectivity index (χ1v) is 8.00. The van der Waals surface area contributed by atoms with Crippen molar-refractivity contribution < 1.29 is 9.18 Å². The maximum Gasteiger partial charge on any atom is 0.230 e. The molecule has 0 saturated heterocycles. The van der Waals surface area contributed by atoms with E-state index in [2.05, 4.69) is 34.3 Å². The Bertz CT molecular complexity index is 695. The zero-order chi connectivity index (χ0) is 15.9. The second-order valence-electron chi connectivity index (χ2n) is 6.11. The lowest BCUT2D eigenvalue weighted by molar-refractivity contribution is -0.118. The third kappa shape index (κ3) is 2.63. The number of amides is 1. The van der Waals surface area contributed by atoms with Gasteiger partial charge in [-0.3, -0.25) is 4.79 Å². The first kappa shape index (κ1) is 15.1. The Labute approximate surface area is 131 Å². The highest BCUT2D eigenvalue weighted by atomic mass is 32.1. The van der Waals surface area contributed by atoms with Crippen molar-refractivity contribution in [2.24, 2.45) is 11.3 Å². The molecule has 0 unspecified atom stereocenters. The summed E-state index contributed by atoms with van der Waals surface area (Å²) in [6.45, 7) is 5.64. The number of alkyl halides is 1. The molecule has 0 radical (unpaired) electrons. The lowest BCUT2D eigenvalue weighted by Crippen LogP contribution is -2.17. The zero-order valence-electron chi connectivity index (χ0n) is 12.7. The van der Waals surface area contributed by atoms with E-state index in [-0.39, 0.29) is 29.7 Å². The molecule has 1 N–H and O–H groups in total. The molecular weight excluding hydrogens is 305 g/mol. The number of aromatic nitrogens is 4. The standard InChI is InChI=1S/C14H18FN5OS/c1-8-7-22-13(17-8)11-10(14(11,2)3)12(21)18-9-6-16-20(19-9)5-4-15/h6-7,10-11H,4-5H2,1-3H3,(H,18,19,21)/t10-,11-/m0/s1. The minimum atomic E-state index is -0.538. The number of thiazole rings is 1. The van der Waals surface area contributed by atoms with Gasteiger partial charge in [-0.05, 0) is 12.3 Å². The normalized spacial score (nSPS) is 22.5. The van der Waals surface area contributed by atoms with Gasteiger partial charge >= 0.3 is 0 Å².